The van der Waals surface area contributed by atoms with Gasteiger partial charge in [0.2, 0.25) is 5.91 Å². The summed E-state index contributed by atoms with van der Waals surface area (Å²) < 4.78 is 0. The zero-order valence-corrected chi connectivity index (χ0v) is 16.4. The van der Waals surface area contributed by atoms with Gasteiger partial charge in [0, 0.05) is 24.2 Å². The van der Waals surface area contributed by atoms with Gasteiger partial charge in [-0.3, -0.25) is 19.3 Å². The van der Waals surface area contributed by atoms with Crippen molar-refractivity contribution >= 4 is 52.6 Å². The molecule has 28 heavy (non-hydrogen) atoms. The standard InChI is InChI=1S/C21H17ClN2O3S/c22-17-8-4-7-16(13-17)9-10-19(25)23-11-12-24-20(26)18(28-21(24)27)14-15-5-2-1-3-6-15/h1-10,13-14H,11-12H2,(H,23,25). The highest BCUT2D eigenvalue weighted by atomic mass is 35.5. The van der Waals surface area contributed by atoms with Gasteiger partial charge in [-0.2, -0.15) is 0 Å². The molecule has 0 bridgehead atoms. The summed E-state index contributed by atoms with van der Waals surface area (Å²) in [5.41, 5.74) is 1.66. The van der Waals surface area contributed by atoms with Crippen LogP contribution in [-0.4, -0.2) is 35.0 Å². The van der Waals surface area contributed by atoms with E-state index in [0.29, 0.717) is 9.93 Å². The molecule has 1 aliphatic rings. The highest BCUT2D eigenvalue weighted by Gasteiger charge is 2.34. The third-order valence-electron chi connectivity index (χ3n) is 3.88. The summed E-state index contributed by atoms with van der Waals surface area (Å²) in [6.07, 6.45) is 4.72. The fourth-order valence-corrected chi connectivity index (χ4v) is 3.59. The molecule has 1 heterocycles. The third kappa shape index (κ3) is 5.34. The van der Waals surface area contributed by atoms with E-state index in [4.69, 9.17) is 11.6 Å². The van der Waals surface area contributed by atoms with Gasteiger partial charge in [0.25, 0.3) is 11.1 Å². The van der Waals surface area contributed by atoms with Crippen LogP contribution in [-0.2, 0) is 9.59 Å². The molecule has 7 heteroatoms. The number of carbonyl (C=O) groups is 3. The average molecular weight is 413 g/mol. The molecule has 3 amide bonds. The van der Waals surface area contributed by atoms with Gasteiger partial charge in [0.1, 0.15) is 0 Å². The van der Waals surface area contributed by atoms with Gasteiger partial charge in [0.05, 0.1) is 4.91 Å². The van der Waals surface area contributed by atoms with Crippen LogP contribution in [0.4, 0.5) is 4.79 Å². The van der Waals surface area contributed by atoms with Crippen LogP contribution in [0.25, 0.3) is 12.2 Å². The van der Waals surface area contributed by atoms with Crippen LogP contribution in [0, 0.1) is 0 Å². The summed E-state index contributed by atoms with van der Waals surface area (Å²) in [6, 6.07) is 16.4. The number of imide groups is 1. The normalized spacial score (nSPS) is 15.6. The van der Waals surface area contributed by atoms with Crippen LogP contribution in [0.1, 0.15) is 11.1 Å². The van der Waals surface area contributed by atoms with E-state index in [1.807, 2.05) is 36.4 Å². The second-order valence-corrected chi connectivity index (χ2v) is 7.35. The van der Waals surface area contributed by atoms with Gasteiger partial charge in [0.15, 0.2) is 0 Å². The Morgan fingerprint density at radius 3 is 2.57 bits per heavy atom. The molecule has 1 N–H and O–H groups in total. The molecule has 2 aromatic rings. The third-order valence-corrected chi connectivity index (χ3v) is 5.02. The SMILES string of the molecule is O=C(C=Cc1cccc(Cl)c1)NCCN1C(=O)SC(=Cc2ccccc2)C1=O. The fourth-order valence-electron chi connectivity index (χ4n) is 2.53. The summed E-state index contributed by atoms with van der Waals surface area (Å²) in [5, 5.41) is 2.92. The molecule has 0 spiro atoms. The Labute approximate surface area is 172 Å². The number of nitrogens with one attached hydrogen (secondary N) is 1. The van der Waals surface area contributed by atoms with Crippen molar-refractivity contribution in [1.29, 1.82) is 0 Å². The van der Waals surface area contributed by atoms with Crippen molar-refractivity contribution in [3.8, 4) is 0 Å². The first-order valence-electron chi connectivity index (χ1n) is 8.55. The Balaban J connectivity index is 1.52. The molecule has 0 saturated carbocycles. The Kier molecular flexibility index (Phi) is 6.68. The second-order valence-electron chi connectivity index (χ2n) is 5.92. The molecule has 0 aliphatic carbocycles. The monoisotopic (exact) mass is 412 g/mol. The van der Waals surface area contributed by atoms with E-state index in [-0.39, 0.29) is 30.1 Å². The van der Waals surface area contributed by atoms with Gasteiger partial charge >= 0.3 is 0 Å². The average Bonchev–Trinajstić information content (AvgIpc) is 2.94. The Bertz CT molecular complexity index is 957. The topological polar surface area (TPSA) is 66.5 Å². The van der Waals surface area contributed by atoms with Crippen LogP contribution in [0.2, 0.25) is 5.02 Å². The lowest BCUT2D eigenvalue weighted by molar-refractivity contribution is -0.123. The molecule has 5 nitrogen and oxygen atoms in total. The number of rotatable bonds is 6. The van der Waals surface area contributed by atoms with E-state index in [1.54, 1.807) is 30.4 Å². The van der Waals surface area contributed by atoms with Crippen molar-refractivity contribution in [3.05, 3.63) is 81.7 Å². The summed E-state index contributed by atoms with van der Waals surface area (Å²) in [7, 11) is 0. The first-order valence-corrected chi connectivity index (χ1v) is 9.74. The summed E-state index contributed by atoms with van der Waals surface area (Å²) in [6.45, 7) is 0.295. The predicted molar refractivity (Wildman–Crippen MR) is 113 cm³/mol. The molecule has 2 aromatic carbocycles. The quantitative estimate of drug-likeness (QED) is 0.722. The van der Waals surface area contributed by atoms with E-state index < -0.39 is 0 Å². The number of hydrogen-bond acceptors (Lipinski definition) is 4. The maximum absolute atomic E-state index is 12.4. The van der Waals surface area contributed by atoms with Crippen molar-refractivity contribution in [2.45, 2.75) is 0 Å². The van der Waals surface area contributed by atoms with E-state index in [0.717, 1.165) is 27.8 Å². The van der Waals surface area contributed by atoms with Crippen LogP contribution in [0.3, 0.4) is 0 Å². The lowest BCUT2D eigenvalue weighted by Gasteiger charge is -2.12. The van der Waals surface area contributed by atoms with Crippen LogP contribution in [0.5, 0.6) is 0 Å². The maximum atomic E-state index is 12.4. The highest BCUT2D eigenvalue weighted by molar-refractivity contribution is 8.18. The van der Waals surface area contributed by atoms with Crippen molar-refractivity contribution in [2.24, 2.45) is 0 Å². The predicted octanol–water partition coefficient (Wildman–Crippen LogP) is 4.21. The molecule has 1 aliphatic heterocycles. The number of thioether (sulfide) groups is 1. The minimum Gasteiger partial charge on any atom is -0.351 e. The summed E-state index contributed by atoms with van der Waals surface area (Å²) in [4.78, 5) is 37.9. The second kappa shape index (κ2) is 9.39. The maximum Gasteiger partial charge on any atom is 0.293 e. The Morgan fingerprint density at radius 1 is 1.07 bits per heavy atom. The zero-order chi connectivity index (χ0) is 19.9. The number of halogens is 1. The molecule has 0 aromatic heterocycles. The molecule has 1 fully saturated rings. The van der Waals surface area contributed by atoms with Crippen molar-refractivity contribution in [2.75, 3.05) is 13.1 Å². The number of nitrogens with zero attached hydrogens (tertiary/aromatic N) is 1. The van der Waals surface area contributed by atoms with Crippen molar-refractivity contribution in [3.63, 3.8) is 0 Å². The first-order chi connectivity index (χ1) is 13.5. The number of carbonyl (C=O) groups excluding carboxylic acids is 3. The van der Waals surface area contributed by atoms with Crippen LogP contribution >= 0.6 is 23.4 Å². The summed E-state index contributed by atoms with van der Waals surface area (Å²) in [5.74, 6) is -0.658. The summed E-state index contributed by atoms with van der Waals surface area (Å²) >= 11 is 6.80. The molecular formula is C21H17ClN2O3S. The lowest BCUT2D eigenvalue weighted by Crippen LogP contribution is -2.36. The molecular weight excluding hydrogens is 396 g/mol. The Morgan fingerprint density at radius 2 is 1.82 bits per heavy atom. The highest BCUT2D eigenvalue weighted by Crippen LogP contribution is 2.31. The van der Waals surface area contributed by atoms with E-state index in [1.165, 1.54) is 6.08 Å². The Hall–Kier alpha value is -2.83. The molecule has 1 saturated heterocycles. The minimum absolute atomic E-state index is 0.119. The van der Waals surface area contributed by atoms with Crippen LogP contribution in [0.15, 0.2) is 65.6 Å². The number of amides is 3. The van der Waals surface area contributed by atoms with Gasteiger partial charge in [-0.15, -0.1) is 0 Å². The van der Waals surface area contributed by atoms with E-state index >= 15 is 0 Å². The van der Waals surface area contributed by atoms with Gasteiger partial charge in [-0.05, 0) is 47.2 Å². The van der Waals surface area contributed by atoms with Crippen molar-refractivity contribution in [1.82, 2.24) is 10.2 Å². The van der Waals surface area contributed by atoms with Crippen LogP contribution < -0.4 is 5.32 Å². The number of hydrogen-bond donors (Lipinski definition) is 1. The van der Waals surface area contributed by atoms with E-state index in [2.05, 4.69) is 5.32 Å². The number of benzene rings is 2. The molecule has 0 radical (unpaired) electrons. The first kappa shape index (κ1) is 19.9. The van der Waals surface area contributed by atoms with Gasteiger partial charge in [-0.25, -0.2) is 0 Å². The smallest absolute Gasteiger partial charge is 0.293 e. The molecule has 142 valence electrons. The van der Waals surface area contributed by atoms with E-state index in [9.17, 15) is 14.4 Å². The fraction of sp³-hybridized carbons (Fsp3) is 0.0952. The molecule has 0 unspecified atom stereocenters. The van der Waals surface area contributed by atoms with Gasteiger partial charge < -0.3 is 5.32 Å². The van der Waals surface area contributed by atoms with Crippen molar-refractivity contribution < 1.29 is 14.4 Å². The molecule has 0 atom stereocenters. The van der Waals surface area contributed by atoms with Gasteiger partial charge in [-0.1, -0.05) is 54.1 Å². The lowest BCUT2D eigenvalue weighted by atomic mass is 10.2. The largest absolute Gasteiger partial charge is 0.351 e. The molecule has 3 rings (SSSR count). The zero-order valence-electron chi connectivity index (χ0n) is 14.8. The minimum atomic E-state index is -0.345.